The van der Waals surface area contributed by atoms with Gasteiger partial charge in [-0.2, -0.15) is 0 Å². The first-order valence-electron chi connectivity index (χ1n) is 5.99. The number of nitrogens with two attached hydrogens (primary N) is 1. The highest BCUT2D eigenvalue weighted by molar-refractivity contribution is 5.68. The van der Waals surface area contributed by atoms with Gasteiger partial charge in [0.1, 0.15) is 5.52 Å². The molecule has 3 N–H and O–H groups in total. The summed E-state index contributed by atoms with van der Waals surface area (Å²) in [5.74, 6) is 0. The molecule has 18 heavy (non-hydrogen) atoms. The van der Waals surface area contributed by atoms with E-state index in [9.17, 15) is 9.59 Å². The number of aromatic nitrogens is 4. The molecule has 0 atom stereocenters. The van der Waals surface area contributed by atoms with Crippen LogP contribution in [0.25, 0.3) is 11.2 Å². The molecule has 0 fully saturated rings. The van der Waals surface area contributed by atoms with Crippen molar-refractivity contribution in [1.29, 1.82) is 0 Å². The van der Waals surface area contributed by atoms with Gasteiger partial charge < -0.3 is 10.7 Å². The van der Waals surface area contributed by atoms with E-state index >= 15 is 0 Å². The van der Waals surface area contributed by atoms with Crippen molar-refractivity contribution < 1.29 is 0 Å². The number of nitrogens with one attached hydrogen (secondary N) is 1. The van der Waals surface area contributed by atoms with Gasteiger partial charge in [0.25, 0.3) is 5.56 Å². The van der Waals surface area contributed by atoms with Gasteiger partial charge in [-0.05, 0) is 19.4 Å². The van der Waals surface area contributed by atoms with Crippen molar-refractivity contribution in [1.82, 2.24) is 19.1 Å². The highest BCUT2D eigenvalue weighted by Crippen LogP contribution is 2.00. The molecule has 98 valence electrons. The average Bonchev–Trinajstić information content (AvgIpc) is 2.85. The van der Waals surface area contributed by atoms with E-state index in [1.165, 1.54) is 15.5 Å². The molecular weight excluding hydrogens is 234 g/mol. The van der Waals surface area contributed by atoms with Crippen molar-refractivity contribution in [2.45, 2.75) is 25.8 Å². The lowest BCUT2D eigenvalue weighted by Crippen LogP contribution is -2.39. The van der Waals surface area contributed by atoms with Crippen molar-refractivity contribution in [2.75, 3.05) is 6.54 Å². The molecule has 0 saturated carbocycles. The van der Waals surface area contributed by atoms with Crippen molar-refractivity contribution >= 4 is 11.2 Å². The molecule has 0 spiro atoms. The summed E-state index contributed by atoms with van der Waals surface area (Å²) < 4.78 is 2.63. The summed E-state index contributed by atoms with van der Waals surface area (Å²) in [6, 6.07) is 0. The second kappa shape index (κ2) is 5.18. The summed E-state index contributed by atoms with van der Waals surface area (Å²) in [6.07, 6.45) is 4.00. The largest absolute Gasteiger partial charge is 0.339 e. The molecule has 2 aromatic rings. The summed E-state index contributed by atoms with van der Waals surface area (Å²) in [7, 11) is 1.61. The number of unbranched alkanes of at least 4 members (excludes halogenated alkanes) is 2. The fraction of sp³-hybridized carbons (Fsp3) is 0.545. The van der Waals surface area contributed by atoms with E-state index < -0.39 is 0 Å². The monoisotopic (exact) mass is 251 g/mol. The summed E-state index contributed by atoms with van der Waals surface area (Å²) in [4.78, 5) is 30.8. The molecule has 0 aliphatic heterocycles. The lowest BCUT2D eigenvalue weighted by Gasteiger charge is -2.07. The zero-order valence-corrected chi connectivity index (χ0v) is 10.3. The predicted octanol–water partition coefficient (Wildman–Crippen LogP) is -0.448. The summed E-state index contributed by atoms with van der Waals surface area (Å²) in [5.41, 5.74) is 5.53. The molecule has 2 aromatic heterocycles. The molecule has 0 aliphatic carbocycles. The van der Waals surface area contributed by atoms with Gasteiger partial charge in [-0.15, -0.1) is 0 Å². The molecule has 7 heteroatoms. The van der Waals surface area contributed by atoms with E-state index in [0.29, 0.717) is 24.3 Å². The van der Waals surface area contributed by atoms with E-state index in [4.69, 9.17) is 5.73 Å². The standard InChI is InChI=1S/C11H17N5O2/c1-15-9-8(13-7-14-9)10(17)16(11(15)18)6-4-2-3-5-12/h7H,2-6,12H2,1H3,(H,13,14). The Hall–Kier alpha value is -1.89. The number of hydrogen-bond acceptors (Lipinski definition) is 4. The number of imidazole rings is 1. The first-order valence-corrected chi connectivity index (χ1v) is 5.99. The number of rotatable bonds is 5. The topological polar surface area (TPSA) is 98.7 Å². The van der Waals surface area contributed by atoms with Crippen LogP contribution in [-0.4, -0.2) is 25.6 Å². The smallest absolute Gasteiger partial charge is 0.332 e. The van der Waals surface area contributed by atoms with Crippen LogP contribution < -0.4 is 17.0 Å². The van der Waals surface area contributed by atoms with E-state index in [2.05, 4.69) is 9.97 Å². The Balaban J connectivity index is 2.38. The lowest BCUT2D eigenvalue weighted by atomic mass is 10.2. The quantitative estimate of drug-likeness (QED) is 0.703. The van der Waals surface area contributed by atoms with Crippen molar-refractivity contribution in [2.24, 2.45) is 12.8 Å². The number of H-pyrrole nitrogens is 1. The zero-order valence-electron chi connectivity index (χ0n) is 10.3. The van der Waals surface area contributed by atoms with Crippen LogP contribution in [0.15, 0.2) is 15.9 Å². The molecule has 0 bridgehead atoms. The van der Waals surface area contributed by atoms with Crippen LogP contribution in [0.2, 0.25) is 0 Å². The Morgan fingerprint density at radius 3 is 2.83 bits per heavy atom. The number of nitrogens with zero attached hydrogens (tertiary/aromatic N) is 3. The third-order valence-electron chi connectivity index (χ3n) is 3.00. The van der Waals surface area contributed by atoms with Gasteiger partial charge in [-0.3, -0.25) is 13.9 Å². The highest BCUT2D eigenvalue weighted by atomic mass is 16.2. The molecule has 0 radical (unpaired) electrons. The van der Waals surface area contributed by atoms with Crippen molar-refractivity contribution in [3.63, 3.8) is 0 Å². The summed E-state index contributed by atoms with van der Waals surface area (Å²) in [5, 5.41) is 0. The minimum Gasteiger partial charge on any atom is -0.339 e. The van der Waals surface area contributed by atoms with Gasteiger partial charge in [-0.1, -0.05) is 6.42 Å². The Kier molecular flexibility index (Phi) is 3.61. The number of fused-ring (bicyclic) bond motifs is 1. The predicted molar refractivity (Wildman–Crippen MR) is 68.5 cm³/mol. The van der Waals surface area contributed by atoms with Crippen molar-refractivity contribution in [3.05, 3.63) is 27.2 Å². The van der Waals surface area contributed by atoms with Crippen LogP contribution >= 0.6 is 0 Å². The number of aromatic amines is 1. The van der Waals surface area contributed by atoms with Gasteiger partial charge >= 0.3 is 5.69 Å². The minimum atomic E-state index is -0.327. The maximum atomic E-state index is 12.1. The third kappa shape index (κ3) is 2.08. The second-order valence-electron chi connectivity index (χ2n) is 4.25. The molecule has 2 rings (SSSR count). The Labute approximate surface area is 103 Å². The highest BCUT2D eigenvalue weighted by Gasteiger charge is 2.11. The SMILES string of the molecule is Cn1c(=O)n(CCCCCN)c(=O)c2[nH]cnc21. The van der Waals surface area contributed by atoms with E-state index in [1.54, 1.807) is 7.05 Å². The molecule has 0 amide bonds. The summed E-state index contributed by atoms with van der Waals surface area (Å²) in [6.45, 7) is 1.05. The first-order chi connectivity index (χ1) is 8.66. The fourth-order valence-electron chi connectivity index (χ4n) is 1.98. The van der Waals surface area contributed by atoms with Crippen LogP contribution in [0.1, 0.15) is 19.3 Å². The van der Waals surface area contributed by atoms with Gasteiger partial charge in [0.2, 0.25) is 0 Å². The molecule has 0 aromatic carbocycles. The Bertz CT molecular complexity index is 651. The Morgan fingerprint density at radius 1 is 1.33 bits per heavy atom. The van der Waals surface area contributed by atoms with E-state index in [-0.39, 0.29) is 11.2 Å². The van der Waals surface area contributed by atoms with Crippen LogP contribution in [0.5, 0.6) is 0 Å². The molecule has 0 unspecified atom stereocenters. The zero-order chi connectivity index (χ0) is 13.1. The first kappa shape index (κ1) is 12.6. The van der Waals surface area contributed by atoms with Crippen molar-refractivity contribution in [3.8, 4) is 0 Å². The molecule has 0 aliphatic rings. The average molecular weight is 251 g/mol. The van der Waals surface area contributed by atoms with Gasteiger partial charge in [0, 0.05) is 13.6 Å². The van der Waals surface area contributed by atoms with Gasteiger partial charge in [-0.25, -0.2) is 9.78 Å². The van der Waals surface area contributed by atoms with E-state index in [1.807, 2.05) is 0 Å². The number of aryl methyl sites for hydroxylation is 1. The maximum Gasteiger partial charge on any atom is 0.332 e. The van der Waals surface area contributed by atoms with Crippen LogP contribution in [0.4, 0.5) is 0 Å². The normalized spacial score (nSPS) is 11.2. The maximum absolute atomic E-state index is 12.1. The second-order valence-corrected chi connectivity index (χ2v) is 4.25. The molecule has 7 nitrogen and oxygen atoms in total. The fourth-order valence-corrected chi connectivity index (χ4v) is 1.98. The van der Waals surface area contributed by atoms with Crippen LogP contribution in [-0.2, 0) is 13.6 Å². The van der Waals surface area contributed by atoms with Crippen LogP contribution in [0.3, 0.4) is 0 Å². The number of hydrogen-bond donors (Lipinski definition) is 2. The third-order valence-corrected chi connectivity index (χ3v) is 3.00. The molecule has 0 saturated heterocycles. The lowest BCUT2D eigenvalue weighted by molar-refractivity contribution is 0.544. The summed E-state index contributed by atoms with van der Waals surface area (Å²) >= 11 is 0. The molecular formula is C11H17N5O2. The molecule has 2 heterocycles. The van der Waals surface area contributed by atoms with Gasteiger partial charge in [0.05, 0.1) is 6.33 Å². The minimum absolute atomic E-state index is 0.307. The van der Waals surface area contributed by atoms with E-state index in [0.717, 1.165) is 19.3 Å². The van der Waals surface area contributed by atoms with Gasteiger partial charge in [0.15, 0.2) is 5.65 Å². The van der Waals surface area contributed by atoms with Crippen LogP contribution in [0, 0.1) is 0 Å². The Morgan fingerprint density at radius 2 is 2.11 bits per heavy atom.